The number of aromatic nitrogens is 3. The van der Waals surface area contributed by atoms with Crippen LogP contribution in [0, 0.1) is 0 Å². The van der Waals surface area contributed by atoms with Crippen molar-refractivity contribution in [2.75, 3.05) is 31.9 Å². The van der Waals surface area contributed by atoms with Crippen LogP contribution in [0.4, 0.5) is 0 Å². The minimum atomic E-state index is 0.432. The summed E-state index contributed by atoms with van der Waals surface area (Å²) in [4.78, 5) is 3.29. The molecule has 2 atom stereocenters. The summed E-state index contributed by atoms with van der Waals surface area (Å²) in [6.07, 6.45) is 6.98. The van der Waals surface area contributed by atoms with E-state index in [4.69, 9.17) is 4.42 Å². The summed E-state index contributed by atoms with van der Waals surface area (Å²) in [5.74, 6) is 3.33. The van der Waals surface area contributed by atoms with Crippen LogP contribution in [0.3, 0.4) is 0 Å². The molecular weight excluding hydrogens is 334 g/mol. The fourth-order valence-electron chi connectivity index (χ4n) is 4.24. The third-order valence-corrected chi connectivity index (χ3v) is 6.66. The van der Waals surface area contributed by atoms with E-state index in [2.05, 4.69) is 27.9 Å². The standard InChI is InChI=1S/C18H27N5OS/c1-21-17(16-7-4-10-23(16)14-15-6-5-12-24-15)19-20-18(21)25-13-11-22-8-2-3-9-22/h5-6,12,16H,2-4,7-11,13-14H2,1H3/p+2/t16-/m1/s1. The van der Waals surface area contributed by atoms with Crippen LogP contribution in [0.15, 0.2) is 28.0 Å². The van der Waals surface area contributed by atoms with Gasteiger partial charge in [0.05, 0.1) is 38.2 Å². The number of rotatable bonds is 7. The van der Waals surface area contributed by atoms with Crippen LogP contribution in [0.2, 0.25) is 0 Å². The molecule has 2 fully saturated rings. The first kappa shape index (κ1) is 17.1. The predicted molar refractivity (Wildman–Crippen MR) is 96.7 cm³/mol. The molecule has 0 saturated carbocycles. The number of nitrogens with one attached hydrogen (secondary N) is 2. The van der Waals surface area contributed by atoms with Gasteiger partial charge in [0.1, 0.15) is 12.6 Å². The quantitative estimate of drug-likeness (QED) is 0.685. The fraction of sp³-hybridized carbons (Fsp3) is 0.667. The van der Waals surface area contributed by atoms with Crippen LogP contribution < -0.4 is 9.80 Å². The fourth-order valence-corrected chi connectivity index (χ4v) is 5.20. The Morgan fingerprint density at radius 2 is 2.12 bits per heavy atom. The Morgan fingerprint density at radius 1 is 1.24 bits per heavy atom. The van der Waals surface area contributed by atoms with Crippen molar-refractivity contribution in [3.8, 4) is 0 Å². The van der Waals surface area contributed by atoms with Crippen molar-refractivity contribution in [3.05, 3.63) is 30.0 Å². The van der Waals surface area contributed by atoms with Crippen LogP contribution >= 0.6 is 11.8 Å². The van der Waals surface area contributed by atoms with Gasteiger partial charge in [-0.1, -0.05) is 11.8 Å². The van der Waals surface area contributed by atoms with Gasteiger partial charge >= 0.3 is 0 Å². The number of furan rings is 1. The first-order chi connectivity index (χ1) is 12.3. The van der Waals surface area contributed by atoms with Crippen molar-refractivity contribution in [1.82, 2.24) is 14.8 Å². The van der Waals surface area contributed by atoms with Crippen molar-refractivity contribution < 1.29 is 14.2 Å². The van der Waals surface area contributed by atoms with Crippen LogP contribution in [-0.2, 0) is 13.6 Å². The Hall–Kier alpha value is -1.31. The van der Waals surface area contributed by atoms with E-state index in [0.717, 1.165) is 29.0 Å². The van der Waals surface area contributed by atoms with E-state index >= 15 is 0 Å². The van der Waals surface area contributed by atoms with E-state index < -0.39 is 0 Å². The maximum atomic E-state index is 5.55. The Labute approximate surface area is 153 Å². The van der Waals surface area contributed by atoms with Gasteiger partial charge in [-0.2, -0.15) is 0 Å². The zero-order valence-electron chi connectivity index (χ0n) is 15.0. The lowest BCUT2D eigenvalue weighted by atomic mass is 10.2. The molecule has 0 amide bonds. The molecule has 4 rings (SSSR count). The van der Waals surface area contributed by atoms with Gasteiger partial charge in [-0.05, 0) is 12.1 Å². The minimum Gasteiger partial charge on any atom is -0.463 e. The third-order valence-electron chi connectivity index (χ3n) is 5.64. The van der Waals surface area contributed by atoms with E-state index in [1.54, 1.807) is 16.1 Å². The highest BCUT2D eigenvalue weighted by atomic mass is 32.2. The van der Waals surface area contributed by atoms with Gasteiger partial charge in [0.25, 0.3) is 0 Å². The first-order valence-electron chi connectivity index (χ1n) is 9.54. The van der Waals surface area contributed by atoms with Gasteiger partial charge in [0.15, 0.2) is 16.7 Å². The first-order valence-corrected chi connectivity index (χ1v) is 10.5. The second kappa shape index (κ2) is 7.93. The molecule has 0 aliphatic carbocycles. The van der Waals surface area contributed by atoms with Crippen LogP contribution in [-0.4, -0.2) is 46.7 Å². The van der Waals surface area contributed by atoms with Gasteiger partial charge in [-0.25, -0.2) is 0 Å². The SMILES string of the molecule is Cn1c(SCC[NH+]2CCCC2)nnc1[C@H]1CCC[NH+]1Cc1ccco1. The minimum absolute atomic E-state index is 0.432. The van der Waals surface area contributed by atoms with E-state index in [0.29, 0.717) is 6.04 Å². The lowest BCUT2D eigenvalue weighted by Crippen LogP contribution is -3.10. The molecule has 1 unspecified atom stereocenters. The van der Waals surface area contributed by atoms with Gasteiger partial charge in [0.2, 0.25) is 0 Å². The van der Waals surface area contributed by atoms with E-state index in [1.165, 1.54) is 51.9 Å². The lowest BCUT2D eigenvalue weighted by Gasteiger charge is -2.19. The number of likely N-dealkylation sites (tertiary alicyclic amines) is 2. The molecule has 25 heavy (non-hydrogen) atoms. The van der Waals surface area contributed by atoms with Crippen molar-refractivity contribution in [2.45, 2.75) is 43.4 Å². The molecule has 0 radical (unpaired) electrons. The van der Waals surface area contributed by atoms with E-state index in [1.807, 2.05) is 17.8 Å². The average molecular weight is 364 g/mol. The number of nitrogens with zero attached hydrogens (tertiary/aromatic N) is 3. The molecule has 2 saturated heterocycles. The van der Waals surface area contributed by atoms with E-state index in [-0.39, 0.29) is 0 Å². The Kier molecular flexibility index (Phi) is 5.43. The molecular formula is C18H29N5OS+2. The molecule has 2 N–H and O–H groups in total. The summed E-state index contributed by atoms with van der Waals surface area (Å²) in [5, 5.41) is 10.1. The maximum Gasteiger partial charge on any atom is 0.191 e. The average Bonchev–Trinajstić information content (AvgIpc) is 3.38. The molecule has 0 bridgehead atoms. The highest BCUT2D eigenvalue weighted by Gasteiger charge is 2.34. The number of thioether (sulfide) groups is 1. The molecule has 0 spiro atoms. The van der Waals surface area contributed by atoms with Crippen molar-refractivity contribution in [3.63, 3.8) is 0 Å². The van der Waals surface area contributed by atoms with Crippen molar-refractivity contribution >= 4 is 11.8 Å². The monoisotopic (exact) mass is 363 g/mol. The van der Waals surface area contributed by atoms with Gasteiger partial charge < -0.3 is 18.8 Å². The highest BCUT2D eigenvalue weighted by Crippen LogP contribution is 2.22. The topological polar surface area (TPSA) is 52.7 Å². The molecule has 4 heterocycles. The van der Waals surface area contributed by atoms with Gasteiger partial charge in [-0.15, -0.1) is 10.2 Å². The summed E-state index contributed by atoms with van der Waals surface area (Å²) in [6.45, 7) is 6.05. The molecule has 2 aliphatic rings. The maximum absolute atomic E-state index is 5.55. The zero-order valence-corrected chi connectivity index (χ0v) is 15.9. The second-order valence-corrected chi connectivity index (χ2v) is 8.38. The van der Waals surface area contributed by atoms with Crippen LogP contribution in [0.1, 0.15) is 43.3 Å². The summed E-state index contributed by atoms with van der Waals surface area (Å²) in [6, 6.07) is 4.47. The van der Waals surface area contributed by atoms with Crippen LogP contribution in [0.25, 0.3) is 0 Å². The summed E-state index contributed by atoms with van der Waals surface area (Å²) < 4.78 is 7.77. The summed E-state index contributed by atoms with van der Waals surface area (Å²) in [5.41, 5.74) is 0. The largest absolute Gasteiger partial charge is 0.463 e. The normalized spacial score (nSPS) is 24.4. The molecule has 0 aromatic carbocycles. The predicted octanol–water partition coefficient (Wildman–Crippen LogP) is 0.0989. The Bertz CT molecular complexity index is 665. The van der Waals surface area contributed by atoms with Crippen molar-refractivity contribution in [2.24, 2.45) is 7.05 Å². The lowest BCUT2D eigenvalue weighted by molar-refractivity contribution is -0.933. The number of hydrogen-bond acceptors (Lipinski definition) is 4. The van der Waals surface area contributed by atoms with Gasteiger partial charge in [0, 0.05) is 32.7 Å². The molecule has 6 nitrogen and oxygen atoms in total. The molecule has 2 aliphatic heterocycles. The molecule has 136 valence electrons. The van der Waals surface area contributed by atoms with Crippen molar-refractivity contribution in [1.29, 1.82) is 0 Å². The molecule has 7 heteroatoms. The highest BCUT2D eigenvalue weighted by molar-refractivity contribution is 7.99. The second-order valence-electron chi connectivity index (χ2n) is 7.31. The summed E-state index contributed by atoms with van der Waals surface area (Å²) >= 11 is 1.86. The van der Waals surface area contributed by atoms with Gasteiger partial charge in [-0.3, -0.25) is 0 Å². The zero-order chi connectivity index (χ0) is 17.1. The third kappa shape index (κ3) is 3.93. The smallest absolute Gasteiger partial charge is 0.191 e. The Morgan fingerprint density at radius 3 is 2.92 bits per heavy atom. The summed E-state index contributed by atoms with van der Waals surface area (Å²) in [7, 11) is 2.13. The number of quaternary nitrogens is 2. The Balaban J connectivity index is 1.37. The number of hydrogen-bond donors (Lipinski definition) is 2. The van der Waals surface area contributed by atoms with E-state index in [9.17, 15) is 0 Å². The molecule has 2 aromatic rings. The van der Waals surface area contributed by atoms with Crippen LogP contribution in [0.5, 0.6) is 0 Å². The molecule has 2 aromatic heterocycles.